The number of aryl methyl sites for hydroxylation is 2. The minimum Gasteiger partial charge on any atom is -0.321 e. The Labute approximate surface area is 171 Å². The smallest absolute Gasteiger partial charge is 0.265 e. The molecule has 0 bridgehead atoms. The number of hydrogen-bond donors (Lipinski definition) is 1. The third kappa shape index (κ3) is 2.98. The molecule has 0 saturated carbocycles. The van der Waals surface area contributed by atoms with E-state index in [1.165, 1.54) is 11.3 Å². The summed E-state index contributed by atoms with van der Waals surface area (Å²) in [4.78, 5) is 19.1. The van der Waals surface area contributed by atoms with Crippen molar-refractivity contribution in [2.75, 3.05) is 5.32 Å². The molecule has 6 heteroatoms. The number of benzene rings is 2. The number of carbonyl (C=O) groups is 1. The summed E-state index contributed by atoms with van der Waals surface area (Å²) in [6.45, 7) is 3.99. The molecule has 1 N–H and O–H groups in total. The summed E-state index contributed by atoms with van der Waals surface area (Å²) in [6, 6.07) is 19.7. The zero-order chi connectivity index (χ0) is 20.0. The summed E-state index contributed by atoms with van der Waals surface area (Å²) >= 11 is 1.45. The van der Waals surface area contributed by atoms with Crippen LogP contribution < -0.4 is 5.32 Å². The molecule has 0 fully saturated rings. The number of pyridine rings is 1. The zero-order valence-corrected chi connectivity index (χ0v) is 16.8. The van der Waals surface area contributed by atoms with Gasteiger partial charge in [-0.25, -0.2) is 4.68 Å². The van der Waals surface area contributed by atoms with Crippen LogP contribution in [0.1, 0.15) is 20.9 Å². The molecule has 0 saturated heterocycles. The van der Waals surface area contributed by atoms with Gasteiger partial charge in [0, 0.05) is 17.0 Å². The first kappa shape index (κ1) is 17.6. The van der Waals surface area contributed by atoms with Crippen LogP contribution in [-0.4, -0.2) is 20.7 Å². The van der Waals surface area contributed by atoms with Gasteiger partial charge in [-0.3, -0.25) is 9.78 Å². The molecule has 29 heavy (non-hydrogen) atoms. The minimum absolute atomic E-state index is 0.126. The second-order valence-electron chi connectivity index (χ2n) is 6.95. The van der Waals surface area contributed by atoms with Crippen molar-refractivity contribution in [3.63, 3.8) is 0 Å². The van der Waals surface area contributed by atoms with Crippen LogP contribution in [0.15, 0.2) is 66.9 Å². The number of thiophene rings is 1. The second kappa shape index (κ2) is 6.83. The average molecular weight is 398 g/mol. The summed E-state index contributed by atoms with van der Waals surface area (Å²) in [5, 5.41) is 9.64. The third-order valence-corrected chi connectivity index (χ3v) is 6.10. The molecule has 0 radical (unpaired) electrons. The molecule has 0 atom stereocenters. The van der Waals surface area contributed by atoms with Crippen LogP contribution >= 0.6 is 11.3 Å². The minimum atomic E-state index is -0.126. The number of carbonyl (C=O) groups excluding carboxylic acids is 1. The Morgan fingerprint density at radius 3 is 2.66 bits per heavy atom. The molecule has 0 aliphatic heterocycles. The van der Waals surface area contributed by atoms with Crippen molar-refractivity contribution >= 4 is 44.1 Å². The fourth-order valence-corrected chi connectivity index (χ4v) is 4.59. The molecular weight excluding hydrogens is 380 g/mol. The number of aromatic nitrogens is 3. The van der Waals surface area contributed by atoms with E-state index >= 15 is 0 Å². The van der Waals surface area contributed by atoms with Gasteiger partial charge in [-0.1, -0.05) is 24.3 Å². The van der Waals surface area contributed by atoms with E-state index in [2.05, 4.69) is 15.4 Å². The molecule has 2 aromatic carbocycles. The number of rotatable bonds is 3. The Hall–Kier alpha value is -3.51. The molecule has 5 aromatic rings. The van der Waals surface area contributed by atoms with Gasteiger partial charge in [0.25, 0.3) is 5.91 Å². The van der Waals surface area contributed by atoms with Crippen molar-refractivity contribution in [2.24, 2.45) is 0 Å². The maximum Gasteiger partial charge on any atom is 0.265 e. The first-order valence-corrected chi connectivity index (χ1v) is 10.1. The molecular formula is C23H18N4OS. The van der Waals surface area contributed by atoms with Crippen LogP contribution in [0.25, 0.3) is 26.8 Å². The summed E-state index contributed by atoms with van der Waals surface area (Å²) in [7, 11) is 0. The van der Waals surface area contributed by atoms with Crippen molar-refractivity contribution in [3.05, 3.63) is 83.0 Å². The van der Waals surface area contributed by atoms with Gasteiger partial charge in [0.1, 0.15) is 4.83 Å². The van der Waals surface area contributed by atoms with E-state index in [-0.39, 0.29) is 5.91 Å². The third-order valence-electron chi connectivity index (χ3n) is 4.99. The van der Waals surface area contributed by atoms with Gasteiger partial charge in [-0.05, 0) is 55.8 Å². The van der Waals surface area contributed by atoms with E-state index in [1.54, 1.807) is 6.20 Å². The molecule has 0 aliphatic carbocycles. The Morgan fingerprint density at radius 1 is 1.00 bits per heavy atom. The molecule has 3 aromatic heterocycles. The van der Waals surface area contributed by atoms with Gasteiger partial charge < -0.3 is 5.32 Å². The van der Waals surface area contributed by atoms with E-state index in [4.69, 9.17) is 0 Å². The standard InChI is InChI=1S/C23H18N4OS/c1-14-10-11-19(17-9-6-12-24-21(14)17)25-22(28)20-13-18-15(2)26-27(23(18)29-20)16-7-4-3-5-8-16/h3-13H,1-2H3,(H,25,28). The molecule has 142 valence electrons. The van der Waals surface area contributed by atoms with Gasteiger partial charge in [-0.15, -0.1) is 11.3 Å². The van der Waals surface area contributed by atoms with Crippen molar-refractivity contribution < 1.29 is 4.79 Å². The molecule has 0 spiro atoms. The Bertz CT molecular complexity index is 1370. The van der Waals surface area contributed by atoms with E-state index in [0.29, 0.717) is 4.88 Å². The highest BCUT2D eigenvalue weighted by atomic mass is 32.1. The molecule has 0 aliphatic rings. The molecule has 3 heterocycles. The molecule has 0 unspecified atom stereocenters. The maximum absolute atomic E-state index is 13.0. The van der Waals surface area contributed by atoms with Crippen LogP contribution in [-0.2, 0) is 0 Å². The normalized spacial score (nSPS) is 11.2. The van der Waals surface area contributed by atoms with E-state index < -0.39 is 0 Å². The largest absolute Gasteiger partial charge is 0.321 e. The first-order chi connectivity index (χ1) is 14.1. The summed E-state index contributed by atoms with van der Waals surface area (Å²) in [6.07, 6.45) is 1.77. The van der Waals surface area contributed by atoms with Crippen molar-refractivity contribution in [2.45, 2.75) is 13.8 Å². The van der Waals surface area contributed by atoms with Crippen molar-refractivity contribution in [1.82, 2.24) is 14.8 Å². The Balaban J connectivity index is 1.54. The molecule has 5 nitrogen and oxygen atoms in total. The van der Waals surface area contributed by atoms with E-state index in [0.717, 1.165) is 43.8 Å². The highest BCUT2D eigenvalue weighted by Gasteiger charge is 2.18. The number of hydrogen-bond acceptors (Lipinski definition) is 4. The molecule has 1 amide bonds. The van der Waals surface area contributed by atoms with Crippen LogP contribution in [0.5, 0.6) is 0 Å². The van der Waals surface area contributed by atoms with Crippen molar-refractivity contribution in [3.8, 4) is 5.69 Å². The highest BCUT2D eigenvalue weighted by Crippen LogP contribution is 2.32. The predicted octanol–water partition coefficient (Wildman–Crippen LogP) is 5.50. The number of para-hydroxylation sites is 1. The lowest BCUT2D eigenvalue weighted by atomic mass is 10.1. The van der Waals surface area contributed by atoms with E-state index in [9.17, 15) is 4.79 Å². The SMILES string of the molecule is Cc1nn(-c2ccccc2)c2sc(C(=O)Nc3ccc(C)c4ncccc34)cc12. The van der Waals surface area contributed by atoms with Gasteiger partial charge in [0.2, 0.25) is 0 Å². The Kier molecular flexibility index (Phi) is 4.14. The lowest BCUT2D eigenvalue weighted by molar-refractivity contribution is 0.103. The fraction of sp³-hybridized carbons (Fsp3) is 0.0870. The van der Waals surface area contributed by atoms with Crippen LogP contribution in [0, 0.1) is 13.8 Å². The fourth-order valence-electron chi connectivity index (χ4n) is 3.51. The number of amides is 1. The topological polar surface area (TPSA) is 59.8 Å². The lowest BCUT2D eigenvalue weighted by Gasteiger charge is -2.09. The van der Waals surface area contributed by atoms with Gasteiger partial charge in [-0.2, -0.15) is 5.10 Å². The number of nitrogens with zero attached hydrogens (tertiary/aromatic N) is 3. The first-order valence-electron chi connectivity index (χ1n) is 9.32. The summed E-state index contributed by atoms with van der Waals surface area (Å²) < 4.78 is 1.90. The zero-order valence-electron chi connectivity index (χ0n) is 16.0. The van der Waals surface area contributed by atoms with Crippen LogP contribution in [0.3, 0.4) is 0 Å². The maximum atomic E-state index is 13.0. The Morgan fingerprint density at radius 2 is 1.83 bits per heavy atom. The quantitative estimate of drug-likeness (QED) is 0.436. The number of fused-ring (bicyclic) bond motifs is 2. The van der Waals surface area contributed by atoms with Crippen LogP contribution in [0.2, 0.25) is 0 Å². The average Bonchev–Trinajstić information content (AvgIpc) is 3.32. The second-order valence-corrected chi connectivity index (χ2v) is 7.98. The highest BCUT2D eigenvalue weighted by molar-refractivity contribution is 7.20. The van der Waals surface area contributed by atoms with Gasteiger partial charge in [0.15, 0.2) is 0 Å². The van der Waals surface area contributed by atoms with Crippen molar-refractivity contribution in [1.29, 1.82) is 0 Å². The number of nitrogens with one attached hydrogen (secondary N) is 1. The summed E-state index contributed by atoms with van der Waals surface area (Å²) in [5.41, 5.74) is 4.64. The van der Waals surface area contributed by atoms with Gasteiger partial charge >= 0.3 is 0 Å². The monoisotopic (exact) mass is 398 g/mol. The summed E-state index contributed by atoms with van der Waals surface area (Å²) in [5.74, 6) is -0.126. The molecule has 5 rings (SSSR count). The number of anilines is 1. The van der Waals surface area contributed by atoms with Gasteiger partial charge in [0.05, 0.1) is 27.5 Å². The van der Waals surface area contributed by atoms with Crippen LogP contribution in [0.4, 0.5) is 5.69 Å². The van der Waals surface area contributed by atoms with E-state index in [1.807, 2.05) is 79.2 Å². The lowest BCUT2D eigenvalue weighted by Crippen LogP contribution is -2.10. The predicted molar refractivity (Wildman–Crippen MR) is 118 cm³/mol.